The first-order chi connectivity index (χ1) is 15.6. The lowest BCUT2D eigenvalue weighted by Crippen LogP contribution is -2.24. The second kappa shape index (κ2) is 10.4. The Labute approximate surface area is 198 Å². The van der Waals surface area contributed by atoms with E-state index in [2.05, 4.69) is 31.4 Å². The van der Waals surface area contributed by atoms with Gasteiger partial charge in [0.1, 0.15) is 0 Å². The molecular weight excluding hydrogens is 488 g/mol. The van der Waals surface area contributed by atoms with Crippen molar-refractivity contribution in [1.29, 1.82) is 0 Å². The standard InChI is InChI=1S/C24H19BrN4O2S/c25-19-11-13-20(14-12-19)29-22(15-26-23(31)18-9-5-2-6-10-18)27-28-24(29)32-16-21(30)17-7-3-1-4-8-17/h1-14H,15-16H2,(H,26,31). The van der Waals surface area contributed by atoms with Crippen LogP contribution in [0.3, 0.4) is 0 Å². The van der Waals surface area contributed by atoms with Gasteiger partial charge in [0.25, 0.3) is 5.91 Å². The predicted octanol–water partition coefficient (Wildman–Crippen LogP) is 4.93. The van der Waals surface area contributed by atoms with Crippen molar-refractivity contribution in [1.82, 2.24) is 20.1 Å². The summed E-state index contributed by atoms with van der Waals surface area (Å²) in [5.41, 5.74) is 2.08. The fourth-order valence-corrected chi connectivity index (χ4v) is 4.18. The van der Waals surface area contributed by atoms with Gasteiger partial charge in [0.15, 0.2) is 16.8 Å². The summed E-state index contributed by atoms with van der Waals surface area (Å²) in [4.78, 5) is 25.0. The molecule has 3 aromatic carbocycles. The Kier molecular flexibility index (Phi) is 7.14. The molecule has 0 radical (unpaired) electrons. The highest BCUT2D eigenvalue weighted by atomic mass is 79.9. The normalized spacial score (nSPS) is 10.7. The third kappa shape index (κ3) is 5.33. The molecule has 4 rings (SSSR count). The van der Waals surface area contributed by atoms with Crippen molar-refractivity contribution in [3.63, 3.8) is 0 Å². The fraction of sp³-hybridized carbons (Fsp3) is 0.0833. The zero-order chi connectivity index (χ0) is 22.3. The highest BCUT2D eigenvalue weighted by Crippen LogP contribution is 2.24. The topological polar surface area (TPSA) is 76.9 Å². The molecule has 0 aliphatic heterocycles. The Bertz CT molecular complexity index is 1140. The van der Waals surface area contributed by atoms with E-state index >= 15 is 0 Å². The van der Waals surface area contributed by atoms with Crippen LogP contribution >= 0.6 is 27.7 Å². The number of benzene rings is 3. The Hall–Kier alpha value is -3.23. The van der Waals surface area contributed by atoms with Gasteiger partial charge in [0, 0.05) is 21.3 Å². The van der Waals surface area contributed by atoms with Crippen LogP contribution in [0.2, 0.25) is 0 Å². The molecule has 0 aliphatic rings. The van der Waals surface area contributed by atoms with Gasteiger partial charge in [-0.15, -0.1) is 10.2 Å². The molecule has 0 atom stereocenters. The summed E-state index contributed by atoms with van der Waals surface area (Å²) in [6, 6.07) is 25.9. The van der Waals surface area contributed by atoms with Crippen LogP contribution in [0.1, 0.15) is 26.5 Å². The quantitative estimate of drug-likeness (QED) is 0.270. The van der Waals surface area contributed by atoms with E-state index in [0.717, 1.165) is 10.2 Å². The number of aromatic nitrogens is 3. The van der Waals surface area contributed by atoms with Gasteiger partial charge in [-0.1, -0.05) is 76.2 Å². The molecule has 6 nitrogen and oxygen atoms in total. The van der Waals surface area contributed by atoms with Gasteiger partial charge in [-0.05, 0) is 36.4 Å². The minimum Gasteiger partial charge on any atom is -0.345 e. The molecule has 0 saturated carbocycles. The van der Waals surface area contributed by atoms with Crippen molar-refractivity contribution in [2.24, 2.45) is 0 Å². The molecule has 0 bridgehead atoms. The number of ketones is 1. The summed E-state index contributed by atoms with van der Waals surface area (Å²) in [6.45, 7) is 0.198. The Balaban J connectivity index is 1.55. The second-order valence-corrected chi connectivity index (χ2v) is 8.70. The van der Waals surface area contributed by atoms with Gasteiger partial charge in [-0.25, -0.2) is 0 Å². The summed E-state index contributed by atoms with van der Waals surface area (Å²) in [7, 11) is 0. The van der Waals surface area contributed by atoms with Crippen LogP contribution in [-0.4, -0.2) is 32.2 Å². The van der Waals surface area contributed by atoms with E-state index in [0.29, 0.717) is 22.1 Å². The molecule has 0 spiro atoms. The third-order valence-electron chi connectivity index (χ3n) is 4.66. The van der Waals surface area contributed by atoms with Gasteiger partial charge < -0.3 is 5.32 Å². The molecule has 1 amide bonds. The molecule has 1 heterocycles. The number of rotatable bonds is 8. The molecule has 160 valence electrons. The number of halogens is 1. The van der Waals surface area contributed by atoms with Crippen LogP contribution < -0.4 is 5.32 Å². The lowest BCUT2D eigenvalue weighted by Gasteiger charge is -2.11. The van der Waals surface area contributed by atoms with Crippen molar-refractivity contribution in [2.75, 3.05) is 5.75 Å². The van der Waals surface area contributed by atoms with E-state index in [1.807, 2.05) is 65.2 Å². The SMILES string of the molecule is O=C(CSc1nnc(CNC(=O)c2ccccc2)n1-c1ccc(Br)cc1)c1ccccc1. The summed E-state index contributed by atoms with van der Waals surface area (Å²) >= 11 is 4.77. The molecule has 1 aromatic heterocycles. The number of amides is 1. The van der Waals surface area contributed by atoms with Crippen LogP contribution in [0.25, 0.3) is 5.69 Å². The lowest BCUT2D eigenvalue weighted by atomic mass is 10.2. The zero-order valence-corrected chi connectivity index (χ0v) is 19.3. The van der Waals surface area contributed by atoms with E-state index in [1.165, 1.54) is 11.8 Å². The predicted molar refractivity (Wildman–Crippen MR) is 128 cm³/mol. The van der Waals surface area contributed by atoms with Gasteiger partial charge in [0.2, 0.25) is 0 Å². The maximum atomic E-state index is 12.5. The minimum atomic E-state index is -0.190. The number of Topliss-reactive ketones (excluding diaryl/α,β-unsaturated/α-hetero) is 1. The average molecular weight is 507 g/mol. The van der Waals surface area contributed by atoms with E-state index in [9.17, 15) is 9.59 Å². The molecule has 0 saturated heterocycles. The fourth-order valence-electron chi connectivity index (χ4n) is 3.05. The number of carbonyl (C=O) groups is 2. The van der Waals surface area contributed by atoms with Crippen LogP contribution in [0, 0.1) is 0 Å². The molecule has 4 aromatic rings. The van der Waals surface area contributed by atoms with E-state index in [-0.39, 0.29) is 24.0 Å². The van der Waals surface area contributed by atoms with Gasteiger partial charge >= 0.3 is 0 Å². The number of hydrogen-bond acceptors (Lipinski definition) is 5. The van der Waals surface area contributed by atoms with Gasteiger partial charge in [-0.2, -0.15) is 0 Å². The molecule has 1 N–H and O–H groups in total. The molecular formula is C24H19BrN4O2S. The number of hydrogen-bond donors (Lipinski definition) is 1. The van der Waals surface area contributed by atoms with Gasteiger partial charge in [-0.3, -0.25) is 14.2 Å². The number of carbonyl (C=O) groups excluding carboxylic acids is 2. The number of thioether (sulfide) groups is 1. The van der Waals surface area contributed by atoms with E-state index in [4.69, 9.17) is 0 Å². The maximum Gasteiger partial charge on any atom is 0.251 e. The summed E-state index contributed by atoms with van der Waals surface area (Å²) in [6.07, 6.45) is 0. The Morgan fingerprint density at radius 2 is 1.47 bits per heavy atom. The molecule has 0 unspecified atom stereocenters. The van der Waals surface area contributed by atoms with E-state index in [1.54, 1.807) is 24.3 Å². The van der Waals surface area contributed by atoms with Crippen LogP contribution in [0.4, 0.5) is 0 Å². The number of nitrogens with one attached hydrogen (secondary N) is 1. The van der Waals surface area contributed by atoms with Crippen molar-refractivity contribution < 1.29 is 9.59 Å². The third-order valence-corrected chi connectivity index (χ3v) is 6.11. The average Bonchev–Trinajstić information content (AvgIpc) is 3.25. The first-order valence-corrected chi connectivity index (χ1v) is 11.6. The second-order valence-electron chi connectivity index (χ2n) is 6.84. The Morgan fingerprint density at radius 3 is 2.12 bits per heavy atom. The van der Waals surface area contributed by atoms with Crippen LogP contribution in [0.15, 0.2) is 94.6 Å². The van der Waals surface area contributed by atoms with Crippen LogP contribution in [-0.2, 0) is 6.54 Å². The number of nitrogens with zero attached hydrogens (tertiary/aromatic N) is 3. The summed E-state index contributed by atoms with van der Waals surface area (Å²) in [5.74, 6) is 0.630. The molecule has 32 heavy (non-hydrogen) atoms. The first-order valence-electron chi connectivity index (χ1n) is 9.86. The van der Waals surface area contributed by atoms with Crippen molar-refractivity contribution >= 4 is 39.4 Å². The molecule has 0 fully saturated rings. The minimum absolute atomic E-state index is 0.0138. The maximum absolute atomic E-state index is 12.5. The van der Waals surface area contributed by atoms with E-state index < -0.39 is 0 Å². The highest BCUT2D eigenvalue weighted by molar-refractivity contribution is 9.10. The molecule has 0 aliphatic carbocycles. The lowest BCUT2D eigenvalue weighted by molar-refractivity contribution is 0.0948. The van der Waals surface area contributed by atoms with Crippen molar-refractivity contribution in [2.45, 2.75) is 11.7 Å². The van der Waals surface area contributed by atoms with Gasteiger partial charge in [0.05, 0.1) is 12.3 Å². The first kappa shape index (κ1) is 22.0. The summed E-state index contributed by atoms with van der Waals surface area (Å²) in [5, 5.41) is 12.1. The summed E-state index contributed by atoms with van der Waals surface area (Å²) < 4.78 is 2.81. The van der Waals surface area contributed by atoms with Crippen molar-refractivity contribution in [3.8, 4) is 5.69 Å². The van der Waals surface area contributed by atoms with Crippen molar-refractivity contribution in [3.05, 3.63) is 106 Å². The van der Waals surface area contributed by atoms with Crippen LogP contribution in [0.5, 0.6) is 0 Å². The zero-order valence-electron chi connectivity index (χ0n) is 16.9. The highest BCUT2D eigenvalue weighted by Gasteiger charge is 2.17. The largest absolute Gasteiger partial charge is 0.345 e. The Morgan fingerprint density at radius 1 is 0.844 bits per heavy atom. The monoisotopic (exact) mass is 506 g/mol. The molecule has 8 heteroatoms. The smallest absolute Gasteiger partial charge is 0.251 e.